The van der Waals surface area contributed by atoms with Crippen LogP contribution in [0.25, 0.3) is 0 Å². The minimum absolute atomic E-state index is 0.0996. The van der Waals surface area contributed by atoms with Crippen LogP contribution in [0.4, 0.5) is 0 Å². The fourth-order valence-corrected chi connectivity index (χ4v) is 1.59. The molecule has 0 aromatic carbocycles. The number of nitrogens with zero attached hydrogens (tertiary/aromatic N) is 2. The van der Waals surface area contributed by atoms with E-state index in [2.05, 4.69) is 24.2 Å². The highest BCUT2D eigenvalue weighted by molar-refractivity contribution is 5.75. The molecule has 0 aliphatic carbocycles. The number of aliphatic imine (C=N–C) groups is 1. The minimum Gasteiger partial charge on any atom is -0.390 e. The molecule has 106 valence electrons. The van der Waals surface area contributed by atoms with Gasteiger partial charge in [-0.25, -0.2) is 0 Å². The molecular formula is C13H28N4O. The summed E-state index contributed by atoms with van der Waals surface area (Å²) in [5.41, 5.74) is 5.30. The van der Waals surface area contributed by atoms with Crippen molar-refractivity contribution in [2.75, 3.05) is 20.6 Å². The molecule has 5 nitrogen and oxygen atoms in total. The van der Waals surface area contributed by atoms with Gasteiger partial charge in [-0.1, -0.05) is 13.8 Å². The van der Waals surface area contributed by atoms with Crippen molar-refractivity contribution < 1.29 is 4.79 Å². The number of nitrogens with two attached hydrogens (primary N) is 1. The molecule has 0 heterocycles. The summed E-state index contributed by atoms with van der Waals surface area (Å²) in [6.45, 7) is 4.96. The van der Waals surface area contributed by atoms with Crippen LogP contribution in [0.3, 0.4) is 0 Å². The topological polar surface area (TPSA) is 70.7 Å². The van der Waals surface area contributed by atoms with Crippen molar-refractivity contribution in [3.8, 4) is 0 Å². The third kappa shape index (κ3) is 8.98. The summed E-state index contributed by atoms with van der Waals surface area (Å²) < 4.78 is 0. The molecule has 0 aromatic rings. The normalized spacial score (nSPS) is 13.4. The SMILES string of the molecule is CC(C)CCC(=O)NCCCC(N=CN)N(C)C. The monoisotopic (exact) mass is 256 g/mol. The largest absolute Gasteiger partial charge is 0.390 e. The highest BCUT2D eigenvalue weighted by Gasteiger charge is 2.08. The van der Waals surface area contributed by atoms with Crippen LogP contribution in [-0.4, -0.2) is 44.0 Å². The summed E-state index contributed by atoms with van der Waals surface area (Å²) in [4.78, 5) is 17.7. The Morgan fingerprint density at radius 1 is 1.39 bits per heavy atom. The number of carbonyl (C=O) groups excluding carboxylic acids is 1. The Morgan fingerprint density at radius 3 is 2.56 bits per heavy atom. The Balaban J connectivity index is 3.68. The second-order valence-corrected chi connectivity index (χ2v) is 5.17. The molecule has 0 rings (SSSR count). The molecule has 0 radical (unpaired) electrons. The van der Waals surface area contributed by atoms with Crippen molar-refractivity contribution >= 4 is 12.2 Å². The smallest absolute Gasteiger partial charge is 0.220 e. The lowest BCUT2D eigenvalue weighted by atomic mass is 10.1. The van der Waals surface area contributed by atoms with E-state index in [-0.39, 0.29) is 12.1 Å². The van der Waals surface area contributed by atoms with Crippen LogP contribution in [0.5, 0.6) is 0 Å². The van der Waals surface area contributed by atoms with Gasteiger partial charge in [0, 0.05) is 13.0 Å². The van der Waals surface area contributed by atoms with E-state index in [1.807, 2.05) is 19.0 Å². The van der Waals surface area contributed by atoms with Gasteiger partial charge in [-0.15, -0.1) is 0 Å². The fourth-order valence-electron chi connectivity index (χ4n) is 1.59. The van der Waals surface area contributed by atoms with Gasteiger partial charge in [0.2, 0.25) is 5.91 Å². The Bertz CT molecular complexity index is 251. The highest BCUT2D eigenvalue weighted by atomic mass is 16.1. The zero-order valence-electron chi connectivity index (χ0n) is 12.1. The average molecular weight is 256 g/mol. The molecule has 5 heteroatoms. The first kappa shape index (κ1) is 16.9. The van der Waals surface area contributed by atoms with Gasteiger partial charge < -0.3 is 11.1 Å². The summed E-state index contributed by atoms with van der Waals surface area (Å²) in [6, 6.07) is 0. The van der Waals surface area contributed by atoms with Gasteiger partial charge in [0.25, 0.3) is 0 Å². The predicted molar refractivity (Wildman–Crippen MR) is 76.5 cm³/mol. The quantitative estimate of drug-likeness (QED) is 0.370. The van der Waals surface area contributed by atoms with E-state index < -0.39 is 0 Å². The van der Waals surface area contributed by atoms with Gasteiger partial charge in [-0.05, 0) is 39.3 Å². The molecule has 1 amide bonds. The molecule has 0 spiro atoms. The number of hydrogen-bond acceptors (Lipinski definition) is 3. The van der Waals surface area contributed by atoms with Gasteiger partial charge in [-0.2, -0.15) is 0 Å². The first-order valence-corrected chi connectivity index (χ1v) is 6.63. The zero-order chi connectivity index (χ0) is 14.0. The highest BCUT2D eigenvalue weighted by Crippen LogP contribution is 2.05. The summed E-state index contributed by atoms with van der Waals surface area (Å²) in [6.07, 6.45) is 4.81. The van der Waals surface area contributed by atoms with Crippen LogP contribution in [0, 0.1) is 5.92 Å². The molecule has 0 bridgehead atoms. The predicted octanol–water partition coefficient (Wildman–Crippen LogP) is 1.19. The zero-order valence-corrected chi connectivity index (χ0v) is 12.1. The van der Waals surface area contributed by atoms with Gasteiger partial charge in [0.1, 0.15) is 6.17 Å². The van der Waals surface area contributed by atoms with E-state index in [0.717, 1.165) is 19.3 Å². The number of rotatable bonds is 9. The molecule has 1 unspecified atom stereocenters. The first-order chi connectivity index (χ1) is 8.47. The molecule has 0 aliphatic rings. The number of amides is 1. The Kier molecular flexibility index (Phi) is 9.28. The summed E-state index contributed by atoms with van der Waals surface area (Å²) >= 11 is 0. The lowest BCUT2D eigenvalue weighted by Crippen LogP contribution is -2.29. The standard InChI is InChI=1S/C13H28N4O/c1-11(2)7-8-13(18)15-9-5-6-12(16-10-14)17(3)4/h10-12H,5-9H2,1-4H3,(H2,14,16)(H,15,18). The third-order valence-electron chi connectivity index (χ3n) is 2.76. The summed E-state index contributed by atoms with van der Waals surface area (Å²) in [5, 5.41) is 2.93. The molecule has 0 saturated carbocycles. The van der Waals surface area contributed by atoms with Gasteiger partial charge >= 0.3 is 0 Å². The number of carbonyl (C=O) groups is 1. The molecule has 18 heavy (non-hydrogen) atoms. The fraction of sp³-hybridized carbons (Fsp3) is 0.846. The second kappa shape index (κ2) is 9.88. The van der Waals surface area contributed by atoms with E-state index >= 15 is 0 Å². The van der Waals surface area contributed by atoms with Crippen LogP contribution in [0.1, 0.15) is 39.5 Å². The van der Waals surface area contributed by atoms with Crippen molar-refractivity contribution in [3.05, 3.63) is 0 Å². The third-order valence-corrected chi connectivity index (χ3v) is 2.76. The Hall–Kier alpha value is -1.10. The van der Waals surface area contributed by atoms with Crippen molar-refractivity contribution in [2.24, 2.45) is 16.6 Å². The van der Waals surface area contributed by atoms with E-state index in [1.54, 1.807) is 0 Å². The van der Waals surface area contributed by atoms with Crippen molar-refractivity contribution in [2.45, 2.75) is 45.7 Å². The maximum atomic E-state index is 11.5. The average Bonchev–Trinajstić information content (AvgIpc) is 2.30. The van der Waals surface area contributed by atoms with Gasteiger partial charge in [0.15, 0.2) is 0 Å². The molecular weight excluding hydrogens is 228 g/mol. The molecule has 0 aliphatic heterocycles. The molecule has 0 saturated heterocycles. The van der Waals surface area contributed by atoms with Crippen LogP contribution < -0.4 is 11.1 Å². The van der Waals surface area contributed by atoms with Gasteiger partial charge in [-0.3, -0.25) is 14.7 Å². The second-order valence-electron chi connectivity index (χ2n) is 5.17. The summed E-state index contributed by atoms with van der Waals surface area (Å²) in [7, 11) is 3.94. The number of hydrogen-bond donors (Lipinski definition) is 2. The van der Waals surface area contributed by atoms with Crippen molar-refractivity contribution in [3.63, 3.8) is 0 Å². The maximum absolute atomic E-state index is 11.5. The minimum atomic E-state index is 0.0996. The molecule has 0 fully saturated rings. The van der Waals surface area contributed by atoms with Crippen LogP contribution in [-0.2, 0) is 4.79 Å². The first-order valence-electron chi connectivity index (χ1n) is 6.63. The van der Waals surface area contributed by atoms with E-state index in [0.29, 0.717) is 18.9 Å². The van der Waals surface area contributed by atoms with Gasteiger partial charge in [0.05, 0.1) is 6.34 Å². The molecule has 0 aromatic heterocycles. The van der Waals surface area contributed by atoms with Crippen LogP contribution >= 0.6 is 0 Å². The maximum Gasteiger partial charge on any atom is 0.220 e. The molecule has 3 N–H and O–H groups in total. The van der Waals surface area contributed by atoms with E-state index in [1.165, 1.54) is 6.34 Å². The lowest BCUT2D eigenvalue weighted by molar-refractivity contribution is -0.121. The Morgan fingerprint density at radius 2 is 2.06 bits per heavy atom. The lowest BCUT2D eigenvalue weighted by Gasteiger charge is -2.19. The Labute approximate surface area is 111 Å². The van der Waals surface area contributed by atoms with Crippen LogP contribution in [0.2, 0.25) is 0 Å². The van der Waals surface area contributed by atoms with E-state index in [4.69, 9.17) is 5.73 Å². The summed E-state index contributed by atoms with van der Waals surface area (Å²) in [5.74, 6) is 0.722. The number of nitrogens with one attached hydrogen (secondary N) is 1. The van der Waals surface area contributed by atoms with E-state index in [9.17, 15) is 4.79 Å². The van der Waals surface area contributed by atoms with Crippen molar-refractivity contribution in [1.29, 1.82) is 0 Å². The van der Waals surface area contributed by atoms with Crippen molar-refractivity contribution in [1.82, 2.24) is 10.2 Å². The molecule has 1 atom stereocenters. The van der Waals surface area contributed by atoms with Crippen LogP contribution in [0.15, 0.2) is 4.99 Å².